The Morgan fingerprint density at radius 2 is 1.61 bits per heavy atom. The zero-order valence-electron chi connectivity index (χ0n) is 18.8. The number of hydrogen-bond acceptors (Lipinski definition) is 4. The minimum absolute atomic E-state index is 0.0389. The maximum Gasteiger partial charge on any atom is 0.131 e. The van der Waals surface area contributed by atoms with E-state index in [1.54, 1.807) is 0 Å². The summed E-state index contributed by atoms with van der Waals surface area (Å²) < 4.78 is 1.82. The van der Waals surface area contributed by atoms with Crippen LogP contribution in [0.1, 0.15) is 55.1 Å². The van der Waals surface area contributed by atoms with Crippen LogP contribution in [0.15, 0.2) is 60.9 Å². The lowest BCUT2D eigenvalue weighted by atomic mass is 9.88. The highest BCUT2D eigenvalue weighted by molar-refractivity contribution is 5.71. The fraction of sp³-hybridized carbons (Fsp3) is 0.269. The molecule has 4 aromatic rings. The van der Waals surface area contributed by atoms with Gasteiger partial charge in [-0.3, -0.25) is 4.68 Å². The Morgan fingerprint density at radius 3 is 2.26 bits per heavy atom. The van der Waals surface area contributed by atoms with Gasteiger partial charge in [0.1, 0.15) is 11.6 Å². The van der Waals surface area contributed by atoms with Gasteiger partial charge in [0.05, 0.1) is 11.9 Å². The topological polar surface area (TPSA) is 69.6 Å². The van der Waals surface area contributed by atoms with E-state index < -0.39 is 0 Å². The average Bonchev–Trinajstić information content (AvgIpc) is 3.19. The molecule has 31 heavy (non-hydrogen) atoms. The van der Waals surface area contributed by atoms with Crippen LogP contribution in [0.3, 0.4) is 0 Å². The summed E-state index contributed by atoms with van der Waals surface area (Å²) in [4.78, 5) is 9.29. The van der Waals surface area contributed by atoms with Gasteiger partial charge in [-0.25, -0.2) is 9.97 Å². The van der Waals surface area contributed by atoms with E-state index >= 15 is 0 Å². The summed E-state index contributed by atoms with van der Waals surface area (Å²) in [7, 11) is 1.93. The predicted molar refractivity (Wildman–Crippen MR) is 127 cm³/mol. The smallest absolute Gasteiger partial charge is 0.131 e. The van der Waals surface area contributed by atoms with Gasteiger partial charge >= 0.3 is 0 Å². The van der Waals surface area contributed by atoms with Gasteiger partial charge in [0.15, 0.2) is 0 Å². The van der Waals surface area contributed by atoms with Crippen LogP contribution in [0.5, 0.6) is 0 Å². The normalized spacial score (nSPS) is 12.3. The van der Waals surface area contributed by atoms with Gasteiger partial charge in [0.2, 0.25) is 0 Å². The number of aromatic nitrogens is 4. The van der Waals surface area contributed by atoms with Gasteiger partial charge in [-0.2, -0.15) is 5.10 Å². The minimum Gasteiger partial charge on any atom is -0.383 e. The van der Waals surface area contributed by atoms with Gasteiger partial charge in [-0.05, 0) is 29.5 Å². The third kappa shape index (κ3) is 4.22. The molecule has 0 spiro atoms. The zero-order chi connectivity index (χ0) is 22.1. The number of nitrogen functional groups attached to an aromatic ring is 1. The summed E-state index contributed by atoms with van der Waals surface area (Å²) >= 11 is 0. The van der Waals surface area contributed by atoms with Crippen LogP contribution >= 0.6 is 0 Å². The molecule has 0 aliphatic rings. The Labute approximate surface area is 184 Å². The first kappa shape index (κ1) is 20.8. The van der Waals surface area contributed by atoms with Crippen LogP contribution in [0.25, 0.3) is 22.4 Å². The molecule has 0 aliphatic carbocycles. The van der Waals surface area contributed by atoms with Crippen LogP contribution in [0.2, 0.25) is 0 Å². The van der Waals surface area contributed by atoms with Crippen LogP contribution in [0, 0.1) is 6.92 Å². The standard InChI is InChI=1S/C26H29N5/c1-16(2)19-9-11-20(12-10-19)25-24(26(27)30-18(4)29-25)17(3)21-7-6-8-22(13-21)23-14-28-31(5)15-23/h6-17H,1-5H3,(H2,27,29,30). The third-order valence-corrected chi connectivity index (χ3v) is 5.80. The fourth-order valence-corrected chi connectivity index (χ4v) is 4.00. The van der Waals surface area contributed by atoms with Crippen molar-refractivity contribution in [2.45, 2.75) is 39.5 Å². The molecule has 5 heteroatoms. The van der Waals surface area contributed by atoms with Crippen LogP contribution in [-0.4, -0.2) is 19.7 Å². The van der Waals surface area contributed by atoms with Crippen LogP contribution in [0.4, 0.5) is 5.82 Å². The van der Waals surface area contributed by atoms with Crippen molar-refractivity contribution in [1.29, 1.82) is 0 Å². The molecule has 0 amide bonds. The molecular weight excluding hydrogens is 382 g/mol. The first-order chi connectivity index (χ1) is 14.8. The average molecular weight is 412 g/mol. The van der Waals surface area contributed by atoms with Crippen molar-refractivity contribution in [2.75, 3.05) is 5.73 Å². The van der Waals surface area contributed by atoms with Crippen molar-refractivity contribution in [3.05, 3.63) is 83.4 Å². The van der Waals surface area contributed by atoms with E-state index in [0.717, 1.165) is 27.9 Å². The molecule has 1 unspecified atom stereocenters. The Balaban J connectivity index is 1.79. The molecule has 2 aromatic heterocycles. The molecular formula is C26H29N5. The first-order valence-corrected chi connectivity index (χ1v) is 10.7. The lowest BCUT2D eigenvalue weighted by molar-refractivity contribution is 0.768. The van der Waals surface area contributed by atoms with Gasteiger partial charge in [0.25, 0.3) is 0 Å². The second kappa shape index (κ2) is 8.34. The van der Waals surface area contributed by atoms with E-state index in [1.165, 1.54) is 11.1 Å². The first-order valence-electron chi connectivity index (χ1n) is 10.7. The number of hydrogen-bond donors (Lipinski definition) is 1. The van der Waals surface area contributed by atoms with Crippen molar-refractivity contribution < 1.29 is 0 Å². The summed E-state index contributed by atoms with van der Waals surface area (Å²) in [5, 5.41) is 4.30. The Bertz CT molecular complexity index is 1200. The number of rotatable bonds is 5. The van der Waals surface area contributed by atoms with Crippen molar-refractivity contribution >= 4 is 5.82 Å². The Morgan fingerprint density at radius 1 is 0.871 bits per heavy atom. The lowest BCUT2D eigenvalue weighted by Gasteiger charge is -2.20. The summed E-state index contributed by atoms with van der Waals surface area (Å²) in [5.41, 5.74) is 14.1. The van der Waals surface area contributed by atoms with Crippen LogP contribution in [-0.2, 0) is 7.05 Å². The molecule has 2 N–H and O–H groups in total. The number of nitrogens with two attached hydrogens (primary N) is 1. The molecule has 0 saturated heterocycles. The Kier molecular flexibility index (Phi) is 5.59. The second-order valence-corrected chi connectivity index (χ2v) is 8.44. The molecule has 0 radical (unpaired) electrons. The van der Waals surface area contributed by atoms with Gasteiger partial charge in [-0.15, -0.1) is 0 Å². The molecule has 0 saturated carbocycles. The molecule has 4 rings (SSSR count). The van der Waals surface area contributed by atoms with Crippen LogP contribution < -0.4 is 5.73 Å². The highest BCUT2D eigenvalue weighted by Gasteiger charge is 2.21. The molecule has 1 atom stereocenters. The lowest BCUT2D eigenvalue weighted by Crippen LogP contribution is -2.09. The van der Waals surface area contributed by atoms with Crippen molar-refractivity contribution in [3.63, 3.8) is 0 Å². The molecule has 2 aromatic carbocycles. The SMILES string of the molecule is Cc1nc(N)c(C(C)c2cccc(-c3cnn(C)c3)c2)c(-c2ccc(C(C)C)cc2)n1. The molecule has 0 bridgehead atoms. The molecule has 2 heterocycles. The summed E-state index contributed by atoms with van der Waals surface area (Å²) in [6.07, 6.45) is 3.91. The van der Waals surface area contributed by atoms with E-state index in [-0.39, 0.29) is 5.92 Å². The monoisotopic (exact) mass is 411 g/mol. The third-order valence-electron chi connectivity index (χ3n) is 5.80. The molecule has 158 valence electrons. The van der Waals surface area contributed by atoms with Gasteiger partial charge in [0, 0.05) is 35.9 Å². The van der Waals surface area contributed by atoms with Gasteiger partial charge < -0.3 is 5.73 Å². The van der Waals surface area contributed by atoms with E-state index in [9.17, 15) is 0 Å². The fourth-order valence-electron chi connectivity index (χ4n) is 4.00. The summed E-state index contributed by atoms with van der Waals surface area (Å²) in [5.74, 6) is 1.74. The number of nitrogens with zero attached hydrogens (tertiary/aromatic N) is 4. The van der Waals surface area contributed by atoms with E-state index in [1.807, 2.05) is 31.0 Å². The second-order valence-electron chi connectivity index (χ2n) is 8.44. The largest absolute Gasteiger partial charge is 0.383 e. The highest BCUT2D eigenvalue weighted by atomic mass is 15.2. The number of aryl methyl sites for hydroxylation is 2. The van der Waals surface area contributed by atoms with Crippen molar-refractivity contribution in [1.82, 2.24) is 19.7 Å². The quantitative estimate of drug-likeness (QED) is 0.457. The Hall–Kier alpha value is -3.47. The number of anilines is 1. The van der Waals surface area contributed by atoms with Gasteiger partial charge in [-0.1, -0.05) is 69.3 Å². The maximum atomic E-state index is 6.46. The zero-order valence-corrected chi connectivity index (χ0v) is 18.8. The van der Waals surface area contributed by atoms with E-state index in [0.29, 0.717) is 17.6 Å². The van der Waals surface area contributed by atoms with E-state index in [2.05, 4.69) is 79.4 Å². The molecule has 5 nitrogen and oxygen atoms in total. The maximum absolute atomic E-state index is 6.46. The van der Waals surface area contributed by atoms with E-state index in [4.69, 9.17) is 10.7 Å². The molecule has 0 aliphatic heterocycles. The predicted octanol–water partition coefficient (Wildman–Crippen LogP) is 5.71. The summed E-state index contributed by atoms with van der Waals surface area (Å²) in [6, 6.07) is 17.1. The summed E-state index contributed by atoms with van der Waals surface area (Å²) in [6.45, 7) is 8.45. The minimum atomic E-state index is 0.0389. The van der Waals surface area contributed by atoms with Crippen molar-refractivity contribution in [2.24, 2.45) is 7.05 Å². The number of benzene rings is 2. The highest BCUT2D eigenvalue weighted by Crippen LogP contribution is 2.36. The van der Waals surface area contributed by atoms with Crippen molar-refractivity contribution in [3.8, 4) is 22.4 Å². The molecule has 0 fully saturated rings.